The van der Waals surface area contributed by atoms with Crippen LogP contribution in [0.2, 0.25) is 0 Å². The Morgan fingerprint density at radius 2 is 1.67 bits per heavy atom. The third-order valence-corrected chi connectivity index (χ3v) is 10.1. The Hall–Kier alpha value is -0.390. The predicted octanol–water partition coefficient (Wildman–Crippen LogP) is 1.79. The first-order chi connectivity index (χ1) is 10.8. The second kappa shape index (κ2) is 6.40. The van der Waals surface area contributed by atoms with E-state index in [1.807, 2.05) is 13.8 Å². The van der Waals surface area contributed by atoms with Crippen molar-refractivity contribution in [3.8, 4) is 0 Å². The quantitative estimate of drug-likeness (QED) is 0.643. The molecule has 6 nitrogen and oxygen atoms in total. The normalized spacial score (nSPS) is 34.2. The van der Waals surface area contributed by atoms with Crippen LogP contribution in [0.5, 0.6) is 0 Å². The molecule has 2 aliphatic rings. The topological polar surface area (TPSA) is 80.8 Å². The van der Waals surface area contributed by atoms with E-state index < -0.39 is 44.0 Å². The molecule has 0 aromatic heterocycles. The number of hydrogen-bond acceptors (Lipinski definition) is 5. The Kier molecular flexibility index (Phi) is 5.32. The molecule has 5 atom stereocenters. The van der Waals surface area contributed by atoms with Crippen LogP contribution in [0.15, 0.2) is 0 Å². The summed E-state index contributed by atoms with van der Waals surface area (Å²) < 4.78 is 91.8. The Balaban J connectivity index is 2.34. The van der Waals surface area contributed by atoms with Crippen LogP contribution in [0.25, 0.3) is 0 Å². The first kappa shape index (κ1) is 19.9. The molecule has 24 heavy (non-hydrogen) atoms. The smallest absolute Gasteiger partial charge is 0.367 e. The second-order valence-corrected chi connectivity index (χ2v) is 11.0. The number of sulfonamides is 2. The highest BCUT2D eigenvalue weighted by atomic mass is 32.3. The summed E-state index contributed by atoms with van der Waals surface area (Å²) in [5.74, 6) is -1.91. The molecule has 0 saturated heterocycles. The third-order valence-electron chi connectivity index (χ3n) is 5.39. The standard InChI is InChI=1S/C13H22F3NO5S2/c1-8-9(2)11-4-10(8)5-12(11)24(20,21)17(7-22-3)23(18,19)6-13(14,15)16/h8-12H,4-7H2,1-3H3. The summed E-state index contributed by atoms with van der Waals surface area (Å²) in [6.07, 6.45) is -4.09. The van der Waals surface area contributed by atoms with Gasteiger partial charge in [0.25, 0.3) is 0 Å². The SMILES string of the molecule is COCN(S(=O)(=O)CC(F)(F)F)S(=O)(=O)C1CC2CC1C(C)C2C. The molecular formula is C13H22F3NO5S2. The molecule has 142 valence electrons. The maximum absolute atomic E-state index is 12.8. The summed E-state index contributed by atoms with van der Waals surface area (Å²) in [7, 11) is -8.51. The van der Waals surface area contributed by atoms with Crippen molar-refractivity contribution in [2.45, 2.75) is 38.1 Å². The van der Waals surface area contributed by atoms with E-state index >= 15 is 0 Å². The minimum atomic E-state index is -5.09. The number of nitrogens with zero attached hydrogens (tertiary/aromatic N) is 1. The molecule has 0 amide bonds. The molecule has 2 bridgehead atoms. The lowest BCUT2D eigenvalue weighted by molar-refractivity contribution is -0.106. The van der Waals surface area contributed by atoms with Gasteiger partial charge in [-0.2, -0.15) is 13.2 Å². The van der Waals surface area contributed by atoms with Crippen molar-refractivity contribution in [3.63, 3.8) is 0 Å². The fraction of sp³-hybridized carbons (Fsp3) is 1.00. The van der Waals surface area contributed by atoms with Gasteiger partial charge < -0.3 is 4.74 Å². The number of hydrogen-bond donors (Lipinski definition) is 0. The first-order valence-electron chi connectivity index (χ1n) is 7.61. The molecule has 0 aromatic carbocycles. The summed E-state index contributed by atoms with van der Waals surface area (Å²) in [5, 5.41) is -0.980. The minimum Gasteiger partial charge on any atom is -0.367 e. The lowest BCUT2D eigenvalue weighted by Crippen LogP contribution is -2.49. The summed E-state index contributed by atoms with van der Waals surface area (Å²) in [5.41, 5.74) is 0. The highest BCUT2D eigenvalue weighted by Crippen LogP contribution is 2.54. The molecule has 0 N–H and O–H groups in total. The van der Waals surface area contributed by atoms with Crippen molar-refractivity contribution in [3.05, 3.63) is 0 Å². The van der Waals surface area contributed by atoms with Gasteiger partial charge in [0.1, 0.15) is 6.73 Å². The maximum atomic E-state index is 12.8. The van der Waals surface area contributed by atoms with Gasteiger partial charge in [0.2, 0.25) is 20.0 Å². The molecule has 0 spiro atoms. The number of alkyl halides is 3. The minimum absolute atomic E-state index is 0.0817. The summed E-state index contributed by atoms with van der Waals surface area (Å²) in [4.78, 5) is 0. The van der Waals surface area contributed by atoms with Crippen LogP contribution in [-0.2, 0) is 24.8 Å². The van der Waals surface area contributed by atoms with Gasteiger partial charge in [0.05, 0.1) is 5.25 Å². The van der Waals surface area contributed by atoms with E-state index in [1.165, 1.54) is 0 Å². The van der Waals surface area contributed by atoms with Gasteiger partial charge in [0.15, 0.2) is 5.75 Å². The molecule has 2 fully saturated rings. The Morgan fingerprint density at radius 3 is 2.08 bits per heavy atom. The molecule has 0 aliphatic heterocycles. The highest BCUT2D eigenvalue weighted by molar-refractivity contribution is 8.04. The van der Waals surface area contributed by atoms with E-state index in [1.54, 1.807) is 0 Å². The van der Waals surface area contributed by atoms with E-state index in [2.05, 4.69) is 4.74 Å². The van der Waals surface area contributed by atoms with Crippen LogP contribution in [0.1, 0.15) is 26.7 Å². The van der Waals surface area contributed by atoms with Crippen molar-refractivity contribution in [2.24, 2.45) is 23.7 Å². The molecular weight excluding hydrogens is 371 g/mol. The predicted molar refractivity (Wildman–Crippen MR) is 80.8 cm³/mol. The van der Waals surface area contributed by atoms with Crippen LogP contribution in [0, 0.1) is 23.7 Å². The molecule has 0 aromatic rings. The Bertz CT molecular complexity index is 674. The second-order valence-electron chi connectivity index (χ2n) is 6.76. The lowest BCUT2D eigenvalue weighted by atomic mass is 9.81. The highest BCUT2D eigenvalue weighted by Gasteiger charge is 2.56. The molecule has 2 rings (SSSR count). The summed E-state index contributed by atoms with van der Waals surface area (Å²) in [6.45, 7) is 2.98. The van der Waals surface area contributed by atoms with Crippen molar-refractivity contribution < 1.29 is 34.7 Å². The zero-order valence-electron chi connectivity index (χ0n) is 13.7. The third kappa shape index (κ3) is 3.58. The number of ether oxygens (including phenoxy) is 1. The van der Waals surface area contributed by atoms with Gasteiger partial charge in [-0.3, -0.25) is 0 Å². The zero-order chi connectivity index (χ0) is 18.5. The maximum Gasteiger partial charge on any atom is 0.404 e. The van der Waals surface area contributed by atoms with E-state index in [0.29, 0.717) is 12.3 Å². The van der Waals surface area contributed by atoms with E-state index in [4.69, 9.17) is 0 Å². The van der Waals surface area contributed by atoms with Gasteiger partial charge in [-0.25, -0.2) is 16.8 Å². The molecule has 0 radical (unpaired) electrons. The summed E-state index contributed by atoms with van der Waals surface area (Å²) >= 11 is 0. The molecule has 11 heteroatoms. The van der Waals surface area contributed by atoms with E-state index in [9.17, 15) is 30.0 Å². The van der Waals surface area contributed by atoms with Crippen LogP contribution in [0.4, 0.5) is 13.2 Å². The van der Waals surface area contributed by atoms with Crippen LogP contribution >= 0.6 is 0 Å². The fourth-order valence-corrected chi connectivity index (χ4v) is 8.49. The molecule has 0 heterocycles. The number of rotatable bonds is 6. The zero-order valence-corrected chi connectivity index (χ0v) is 15.3. The van der Waals surface area contributed by atoms with Crippen molar-refractivity contribution in [1.82, 2.24) is 3.71 Å². The summed E-state index contributed by atoms with van der Waals surface area (Å²) in [6, 6.07) is 0. The Morgan fingerprint density at radius 1 is 1.08 bits per heavy atom. The van der Waals surface area contributed by atoms with Crippen molar-refractivity contribution in [2.75, 3.05) is 19.6 Å². The average Bonchev–Trinajstić information content (AvgIpc) is 2.94. The molecule has 2 saturated carbocycles. The number of halogens is 3. The number of methoxy groups -OCH3 is 1. The molecule has 2 aliphatic carbocycles. The average molecular weight is 393 g/mol. The van der Waals surface area contributed by atoms with Crippen molar-refractivity contribution in [1.29, 1.82) is 0 Å². The van der Waals surface area contributed by atoms with Crippen molar-refractivity contribution >= 4 is 20.0 Å². The van der Waals surface area contributed by atoms with Gasteiger partial charge >= 0.3 is 6.18 Å². The lowest BCUT2D eigenvalue weighted by Gasteiger charge is -2.34. The van der Waals surface area contributed by atoms with Crippen LogP contribution in [0.3, 0.4) is 0 Å². The van der Waals surface area contributed by atoms with Gasteiger partial charge in [-0.1, -0.05) is 17.6 Å². The monoisotopic (exact) mass is 393 g/mol. The molecule has 5 unspecified atom stereocenters. The van der Waals surface area contributed by atoms with E-state index in [-0.39, 0.29) is 27.9 Å². The number of fused-ring (bicyclic) bond motifs is 2. The van der Waals surface area contributed by atoms with Gasteiger partial charge in [-0.05, 0) is 36.5 Å². The van der Waals surface area contributed by atoms with Gasteiger partial charge in [-0.15, -0.1) is 0 Å². The first-order valence-corrected chi connectivity index (χ1v) is 10.7. The van der Waals surface area contributed by atoms with Crippen LogP contribution < -0.4 is 0 Å². The van der Waals surface area contributed by atoms with Gasteiger partial charge in [0, 0.05) is 7.11 Å². The Labute approximate surface area is 140 Å². The van der Waals surface area contributed by atoms with Crippen LogP contribution in [-0.4, -0.2) is 51.6 Å². The fourth-order valence-electron chi connectivity index (χ4n) is 4.06. The largest absolute Gasteiger partial charge is 0.404 e. The van der Waals surface area contributed by atoms with E-state index in [0.717, 1.165) is 7.11 Å².